The van der Waals surface area contributed by atoms with Crippen LogP contribution in [0.1, 0.15) is 46.5 Å². The third-order valence-electron chi connectivity index (χ3n) is 2.42. The van der Waals surface area contributed by atoms with E-state index >= 15 is 0 Å². The molecule has 0 aliphatic rings. The van der Waals surface area contributed by atoms with Crippen LogP contribution in [0.25, 0.3) is 0 Å². The molecule has 0 aromatic heterocycles. The molecule has 0 heterocycles. The van der Waals surface area contributed by atoms with Crippen LogP contribution in [0, 0.1) is 17.2 Å². The molecule has 0 amide bonds. The lowest BCUT2D eigenvalue weighted by molar-refractivity contribution is 0.0967. The Morgan fingerprint density at radius 3 is 2.73 bits per heavy atom. The molecular weight excluding hydrogens is 188 g/mol. The summed E-state index contributed by atoms with van der Waals surface area (Å²) in [5.41, 5.74) is 4.99. The van der Waals surface area contributed by atoms with Crippen LogP contribution < -0.4 is 5.73 Å². The van der Waals surface area contributed by atoms with E-state index in [9.17, 15) is 0 Å². The van der Waals surface area contributed by atoms with Crippen LogP contribution >= 0.6 is 0 Å². The first kappa shape index (κ1) is 14.4. The van der Waals surface area contributed by atoms with E-state index in [0.29, 0.717) is 18.9 Å². The Balaban J connectivity index is 3.37. The maximum absolute atomic E-state index is 8.69. The molecule has 0 spiro atoms. The summed E-state index contributed by atoms with van der Waals surface area (Å²) in [5.74, 6) is 0.634. The van der Waals surface area contributed by atoms with E-state index in [0.717, 1.165) is 13.0 Å². The van der Waals surface area contributed by atoms with Crippen molar-refractivity contribution in [1.82, 2.24) is 0 Å². The van der Waals surface area contributed by atoms with Gasteiger partial charge in [0.2, 0.25) is 0 Å². The molecule has 15 heavy (non-hydrogen) atoms. The van der Waals surface area contributed by atoms with Crippen LogP contribution in [0.5, 0.6) is 0 Å². The second kappa shape index (κ2) is 7.67. The summed E-state index contributed by atoms with van der Waals surface area (Å²) in [7, 11) is 0. The summed E-state index contributed by atoms with van der Waals surface area (Å²) >= 11 is 0. The summed E-state index contributed by atoms with van der Waals surface area (Å²) in [5, 5.41) is 8.69. The zero-order valence-corrected chi connectivity index (χ0v) is 10.3. The zero-order valence-electron chi connectivity index (χ0n) is 10.3. The molecule has 0 aliphatic carbocycles. The first-order valence-electron chi connectivity index (χ1n) is 5.79. The predicted molar refractivity (Wildman–Crippen MR) is 62.3 cm³/mol. The lowest BCUT2D eigenvalue weighted by Crippen LogP contribution is -2.34. The van der Waals surface area contributed by atoms with Crippen molar-refractivity contribution in [3.8, 4) is 6.07 Å². The van der Waals surface area contributed by atoms with Crippen LogP contribution in [0.15, 0.2) is 0 Å². The molecule has 3 heteroatoms. The summed E-state index contributed by atoms with van der Waals surface area (Å²) in [4.78, 5) is 0. The van der Waals surface area contributed by atoms with E-state index in [1.807, 2.05) is 0 Å². The molecule has 0 aromatic rings. The fourth-order valence-corrected chi connectivity index (χ4v) is 1.46. The van der Waals surface area contributed by atoms with E-state index in [2.05, 4.69) is 19.9 Å². The largest absolute Gasteiger partial charge is 0.381 e. The summed E-state index contributed by atoms with van der Waals surface area (Å²) in [6.07, 6.45) is 3.98. The van der Waals surface area contributed by atoms with Crippen LogP contribution in [0.2, 0.25) is 0 Å². The fourth-order valence-electron chi connectivity index (χ4n) is 1.46. The van der Waals surface area contributed by atoms with Gasteiger partial charge < -0.3 is 10.5 Å². The van der Waals surface area contributed by atoms with Crippen molar-refractivity contribution in [2.45, 2.75) is 52.0 Å². The number of nitrogens with zero attached hydrogens (tertiary/aromatic N) is 1. The van der Waals surface area contributed by atoms with E-state index in [-0.39, 0.29) is 0 Å². The smallest absolute Gasteiger partial charge is 0.101 e. The highest BCUT2D eigenvalue weighted by Gasteiger charge is 2.15. The highest BCUT2D eigenvalue weighted by atomic mass is 16.5. The molecule has 0 aromatic carbocycles. The van der Waals surface area contributed by atoms with Crippen molar-refractivity contribution < 1.29 is 4.74 Å². The number of rotatable bonds is 8. The second-order valence-corrected chi connectivity index (χ2v) is 4.60. The van der Waals surface area contributed by atoms with E-state index in [1.54, 1.807) is 6.92 Å². The van der Waals surface area contributed by atoms with Gasteiger partial charge in [0.05, 0.1) is 6.07 Å². The third-order valence-corrected chi connectivity index (χ3v) is 2.42. The molecule has 88 valence electrons. The van der Waals surface area contributed by atoms with Gasteiger partial charge in [-0.15, -0.1) is 0 Å². The van der Waals surface area contributed by atoms with Crippen LogP contribution in [0.3, 0.4) is 0 Å². The van der Waals surface area contributed by atoms with Crippen LogP contribution in [0.4, 0.5) is 0 Å². The van der Waals surface area contributed by atoms with Gasteiger partial charge in [0.1, 0.15) is 5.54 Å². The van der Waals surface area contributed by atoms with Gasteiger partial charge in [-0.05, 0) is 32.1 Å². The number of ether oxygens (including phenoxy) is 1. The summed E-state index contributed by atoms with van der Waals surface area (Å²) in [6.45, 7) is 7.67. The highest BCUT2D eigenvalue weighted by Crippen LogP contribution is 2.09. The molecule has 0 saturated heterocycles. The molecule has 0 aliphatic heterocycles. The molecular formula is C12H24N2O. The normalized spacial score (nSPS) is 16.7. The molecule has 0 bridgehead atoms. The van der Waals surface area contributed by atoms with Gasteiger partial charge in [0.15, 0.2) is 0 Å². The minimum Gasteiger partial charge on any atom is -0.381 e. The zero-order chi connectivity index (χ0) is 11.7. The molecule has 0 rings (SSSR count). The Morgan fingerprint density at radius 1 is 1.53 bits per heavy atom. The molecule has 2 unspecified atom stereocenters. The Kier molecular flexibility index (Phi) is 7.37. The van der Waals surface area contributed by atoms with Crippen LogP contribution in [-0.2, 0) is 4.74 Å². The van der Waals surface area contributed by atoms with Crippen molar-refractivity contribution in [2.24, 2.45) is 11.7 Å². The number of hydrogen-bond acceptors (Lipinski definition) is 3. The van der Waals surface area contributed by atoms with Gasteiger partial charge in [-0.1, -0.05) is 20.3 Å². The number of nitriles is 1. The van der Waals surface area contributed by atoms with Gasteiger partial charge in [-0.25, -0.2) is 0 Å². The average Bonchev–Trinajstić information content (AvgIpc) is 2.17. The highest BCUT2D eigenvalue weighted by molar-refractivity contribution is 5.00. The van der Waals surface area contributed by atoms with E-state index in [4.69, 9.17) is 15.7 Å². The van der Waals surface area contributed by atoms with Gasteiger partial charge in [0, 0.05) is 13.2 Å². The van der Waals surface area contributed by atoms with Gasteiger partial charge >= 0.3 is 0 Å². The average molecular weight is 212 g/mol. The SMILES string of the molecule is CCCC(C)COCCCC(C)(N)C#N. The van der Waals surface area contributed by atoms with Gasteiger partial charge in [0.25, 0.3) is 0 Å². The molecule has 0 radical (unpaired) electrons. The third kappa shape index (κ3) is 8.41. The summed E-state index contributed by atoms with van der Waals surface area (Å²) < 4.78 is 5.52. The lowest BCUT2D eigenvalue weighted by Gasteiger charge is -2.15. The van der Waals surface area contributed by atoms with Crippen LogP contribution in [-0.4, -0.2) is 18.8 Å². The first-order chi connectivity index (χ1) is 7.02. The Morgan fingerprint density at radius 2 is 2.20 bits per heavy atom. The van der Waals surface area contributed by atoms with Crippen molar-refractivity contribution in [3.63, 3.8) is 0 Å². The van der Waals surface area contributed by atoms with Crippen molar-refractivity contribution >= 4 is 0 Å². The van der Waals surface area contributed by atoms with Crippen molar-refractivity contribution in [3.05, 3.63) is 0 Å². The number of nitrogens with two attached hydrogens (primary N) is 1. The van der Waals surface area contributed by atoms with E-state index < -0.39 is 5.54 Å². The first-order valence-corrected chi connectivity index (χ1v) is 5.79. The Bertz CT molecular complexity index is 196. The van der Waals surface area contributed by atoms with Crippen molar-refractivity contribution in [1.29, 1.82) is 5.26 Å². The second-order valence-electron chi connectivity index (χ2n) is 4.60. The Labute approximate surface area is 93.6 Å². The quantitative estimate of drug-likeness (QED) is 0.629. The molecule has 2 atom stereocenters. The molecule has 2 N–H and O–H groups in total. The maximum atomic E-state index is 8.69. The van der Waals surface area contributed by atoms with Gasteiger partial charge in [-0.3, -0.25) is 0 Å². The van der Waals surface area contributed by atoms with Crippen molar-refractivity contribution in [2.75, 3.05) is 13.2 Å². The molecule has 0 fully saturated rings. The van der Waals surface area contributed by atoms with E-state index in [1.165, 1.54) is 12.8 Å². The Hall–Kier alpha value is -0.590. The fraction of sp³-hybridized carbons (Fsp3) is 0.917. The monoisotopic (exact) mass is 212 g/mol. The number of hydrogen-bond donors (Lipinski definition) is 1. The predicted octanol–water partition coefficient (Wildman–Crippen LogP) is 2.46. The maximum Gasteiger partial charge on any atom is 0.101 e. The topological polar surface area (TPSA) is 59.0 Å². The minimum absolute atomic E-state index is 0.634. The lowest BCUT2D eigenvalue weighted by atomic mass is 10.00. The van der Waals surface area contributed by atoms with Gasteiger partial charge in [-0.2, -0.15) is 5.26 Å². The summed E-state index contributed by atoms with van der Waals surface area (Å²) in [6, 6.07) is 2.08. The standard InChI is InChI=1S/C12H24N2O/c1-4-6-11(2)9-15-8-5-7-12(3,14)10-13/h11H,4-9,14H2,1-3H3. The molecule has 0 saturated carbocycles. The molecule has 3 nitrogen and oxygen atoms in total. The minimum atomic E-state index is -0.696.